The fourth-order valence-electron chi connectivity index (χ4n) is 1.94. The third kappa shape index (κ3) is 2.72. The lowest BCUT2D eigenvalue weighted by molar-refractivity contribution is 0.0926. The summed E-state index contributed by atoms with van der Waals surface area (Å²) < 4.78 is 15.6. The van der Waals surface area contributed by atoms with Crippen LogP contribution in [0.4, 0.5) is 0 Å². The predicted molar refractivity (Wildman–Crippen MR) is 72.3 cm³/mol. The van der Waals surface area contributed by atoms with Gasteiger partial charge in [-0.25, -0.2) is 0 Å². The van der Waals surface area contributed by atoms with Crippen LogP contribution in [0.5, 0.6) is 11.5 Å². The van der Waals surface area contributed by atoms with Crippen LogP contribution in [-0.2, 0) is 6.42 Å². The molecule has 1 amide bonds. The molecule has 1 aromatic heterocycles. The quantitative estimate of drug-likeness (QED) is 0.941. The minimum atomic E-state index is -0.280. The van der Waals surface area contributed by atoms with Crippen LogP contribution in [0.1, 0.15) is 16.1 Å². The van der Waals surface area contributed by atoms with Gasteiger partial charge in [0.05, 0.1) is 0 Å². The maximum Gasteiger partial charge on any atom is 0.287 e. The molecule has 0 atom stereocenters. The van der Waals surface area contributed by atoms with Crippen LogP contribution < -0.4 is 14.8 Å². The summed E-state index contributed by atoms with van der Waals surface area (Å²) in [7, 11) is 0. The van der Waals surface area contributed by atoms with Gasteiger partial charge in [0.25, 0.3) is 5.91 Å². The first kappa shape index (κ1) is 12.9. The predicted octanol–water partition coefficient (Wildman–Crippen LogP) is 2.63. The maximum atomic E-state index is 11.7. The van der Waals surface area contributed by atoms with Gasteiger partial charge in [-0.3, -0.25) is 4.79 Å². The largest absolute Gasteiger partial charge is 0.454 e. The SMILES string of the molecule is O=C(NCCc1ccc2c(c1)OCO2)c1ccc(Cl)o1. The molecule has 0 radical (unpaired) electrons. The maximum absolute atomic E-state index is 11.7. The minimum absolute atomic E-state index is 0.200. The van der Waals surface area contributed by atoms with Gasteiger partial charge in [-0.15, -0.1) is 0 Å². The van der Waals surface area contributed by atoms with Crippen molar-refractivity contribution in [1.82, 2.24) is 5.32 Å². The zero-order valence-corrected chi connectivity index (χ0v) is 11.3. The molecule has 0 aliphatic carbocycles. The molecule has 0 bridgehead atoms. The van der Waals surface area contributed by atoms with E-state index in [9.17, 15) is 4.79 Å². The van der Waals surface area contributed by atoms with Gasteiger partial charge in [0, 0.05) is 6.54 Å². The molecule has 0 saturated carbocycles. The number of carbonyl (C=O) groups excluding carboxylic acids is 1. The molecule has 0 unspecified atom stereocenters. The van der Waals surface area contributed by atoms with Crippen molar-refractivity contribution in [2.24, 2.45) is 0 Å². The third-order valence-electron chi connectivity index (χ3n) is 2.93. The molecular weight excluding hydrogens is 282 g/mol. The number of furan rings is 1. The Morgan fingerprint density at radius 1 is 1.20 bits per heavy atom. The first-order valence-electron chi connectivity index (χ1n) is 6.14. The second-order valence-electron chi connectivity index (χ2n) is 4.30. The van der Waals surface area contributed by atoms with Crippen molar-refractivity contribution in [1.29, 1.82) is 0 Å². The highest BCUT2D eigenvalue weighted by Crippen LogP contribution is 2.32. The smallest absolute Gasteiger partial charge is 0.287 e. The van der Waals surface area contributed by atoms with Gasteiger partial charge in [0.15, 0.2) is 22.5 Å². The van der Waals surface area contributed by atoms with E-state index in [4.69, 9.17) is 25.5 Å². The highest BCUT2D eigenvalue weighted by Gasteiger charge is 2.13. The number of ether oxygens (including phenoxy) is 2. The average Bonchev–Trinajstić information content (AvgIpc) is 3.06. The Bertz CT molecular complexity index is 638. The molecule has 0 saturated heterocycles. The Hall–Kier alpha value is -2.14. The van der Waals surface area contributed by atoms with E-state index >= 15 is 0 Å². The van der Waals surface area contributed by atoms with Gasteiger partial charge >= 0.3 is 0 Å². The molecule has 20 heavy (non-hydrogen) atoms. The summed E-state index contributed by atoms with van der Waals surface area (Å²) in [5.74, 6) is 1.42. The van der Waals surface area contributed by atoms with E-state index in [1.807, 2.05) is 18.2 Å². The van der Waals surface area contributed by atoms with Crippen LogP contribution in [0.2, 0.25) is 5.22 Å². The van der Waals surface area contributed by atoms with Crippen molar-refractivity contribution in [3.05, 3.63) is 46.9 Å². The van der Waals surface area contributed by atoms with E-state index in [0.29, 0.717) is 13.0 Å². The summed E-state index contributed by atoms with van der Waals surface area (Å²) in [6.45, 7) is 0.756. The second kappa shape index (κ2) is 5.46. The molecule has 6 heteroatoms. The van der Waals surface area contributed by atoms with E-state index in [2.05, 4.69) is 5.32 Å². The molecule has 104 valence electrons. The van der Waals surface area contributed by atoms with E-state index < -0.39 is 0 Å². The topological polar surface area (TPSA) is 60.7 Å². The normalized spacial score (nSPS) is 12.4. The summed E-state index contributed by atoms with van der Waals surface area (Å²) in [6, 6.07) is 8.81. The average molecular weight is 294 g/mol. The summed E-state index contributed by atoms with van der Waals surface area (Å²) in [4.78, 5) is 11.7. The first-order valence-corrected chi connectivity index (χ1v) is 6.52. The molecule has 1 aliphatic rings. The highest BCUT2D eigenvalue weighted by molar-refractivity contribution is 6.29. The Labute approximate surface area is 120 Å². The number of amides is 1. The van der Waals surface area contributed by atoms with Crippen LogP contribution in [0.25, 0.3) is 0 Å². The second-order valence-corrected chi connectivity index (χ2v) is 4.67. The molecule has 2 aromatic rings. The minimum Gasteiger partial charge on any atom is -0.454 e. The number of halogens is 1. The Morgan fingerprint density at radius 2 is 2.05 bits per heavy atom. The lowest BCUT2D eigenvalue weighted by Crippen LogP contribution is -2.25. The number of fused-ring (bicyclic) bond motifs is 1. The van der Waals surface area contributed by atoms with Gasteiger partial charge in [-0.2, -0.15) is 0 Å². The van der Waals surface area contributed by atoms with E-state index in [-0.39, 0.29) is 23.7 Å². The highest BCUT2D eigenvalue weighted by atomic mass is 35.5. The van der Waals surface area contributed by atoms with E-state index in [1.54, 1.807) is 0 Å². The zero-order valence-electron chi connectivity index (χ0n) is 10.5. The fourth-order valence-corrected chi connectivity index (χ4v) is 2.09. The molecular formula is C14H12ClNO4. The number of rotatable bonds is 4. The van der Waals surface area contributed by atoms with Crippen molar-refractivity contribution in [2.45, 2.75) is 6.42 Å². The summed E-state index contributed by atoms with van der Waals surface area (Å²) in [6.07, 6.45) is 0.691. The van der Waals surface area contributed by atoms with Crippen molar-refractivity contribution < 1.29 is 18.7 Å². The monoisotopic (exact) mass is 293 g/mol. The van der Waals surface area contributed by atoms with Crippen LogP contribution >= 0.6 is 11.6 Å². The van der Waals surface area contributed by atoms with Crippen molar-refractivity contribution in [3.8, 4) is 11.5 Å². The molecule has 0 fully saturated rings. The van der Waals surface area contributed by atoms with E-state index in [0.717, 1.165) is 17.1 Å². The molecule has 1 N–H and O–H groups in total. The van der Waals surface area contributed by atoms with Crippen LogP contribution in [0.3, 0.4) is 0 Å². The molecule has 2 heterocycles. The van der Waals surface area contributed by atoms with Crippen LogP contribution in [0.15, 0.2) is 34.7 Å². The zero-order chi connectivity index (χ0) is 13.9. The Kier molecular flexibility index (Phi) is 3.52. The molecule has 5 nitrogen and oxygen atoms in total. The lowest BCUT2D eigenvalue weighted by Gasteiger charge is -2.04. The van der Waals surface area contributed by atoms with Crippen molar-refractivity contribution in [3.63, 3.8) is 0 Å². The number of hydrogen-bond acceptors (Lipinski definition) is 4. The molecule has 0 spiro atoms. The van der Waals surface area contributed by atoms with Crippen LogP contribution in [0, 0.1) is 0 Å². The van der Waals surface area contributed by atoms with Gasteiger partial charge in [0.1, 0.15) is 0 Å². The van der Waals surface area contributed by atoms with Gasteiger partial charge in [-0.05, 0) is 47.9 Å². The lowest BCUT2D eigenvalue weighted by atomic mass is 10.1. The first-order chi connectivity index (χ1) is 9.72. The number of hydrogen-bond donors (Lipinski definition) is 1. The number of benzene rings is 1. The number of carbonyl (C=O) groups is 1. The molecule has 1 aliphatic heterocycles. The fraction of sp³-hybridized carbons (Fsp3) is 0.214. The Balaban J connectivity index is 1.54. The van der Waals surface area contributed by atoms with Crippen molar-refractivity contribution >= 4 is 17.5 Å². The summed E-state index contributed by atoms with van der Waals surface area (Å²) in [5.41, 5.74) is 1.06. The number of nitrogens with one attached hydrogen (secondary N) is 1. The summed E-state index contributed by atoms with van der Waals surface area (Å²) in [5, 5.41) is 2.97. The van der Waals surface area contributed by atoms with E-state index in [1.165, 1.54) is 12.1 Å². The van der Waals surface area contributed by atoms with Gasteiger partial charge in [0.2, 0.25) is 6.79 Å². The van der Waals surface area contributed by atoms with Gasteiger partial charge in [-0.1, -0.05) is 6.07 Å². The van der Waals surface area contributed by atoms with Crippen LogP contribution in [-0.4, -0.2) is 19.2 Å². The molecule has 3 rings (SSSR count). The van der Waals surface area contributed by atoms with Crippen molar-refractivity contribution in [2.75, 3.05) is 13.3 Å². The Morgan fingerprint density at radius 3 is 2.85 bits per heavy atom. The standard InChI is InChI=1S/C14H12ClNO4/c15-13-4-3-11(20-13)14(17)16-6-5-9-1-2-10-12(7-9)19-8-18-10/h1-4,7H,5-6,8H2,(H,16,17). The molecule has 1 aromatic carbocycles. The van der Waals surface area contributed by atoms with Gasteiger partial charge < -0.3 is 19.2 Å². The summed E-state index contributed by atoms with van der Waals surface area (Å²) >= 11 is 5.62. The third-order valence-corrected chi connectivity index (χ3v) is 3.14.